The average molecular weight is 473 g/mol. The molecule has 10 nitrogen and oxygen atoms in total. The second kappa shape index (κ2) is 10.1. The predicted molar refractivity (Wildman–Crippen MR) is 130 cm³/mol. The molecule has 10 heteroatoms. The first-order valence-electron chi connectivity index (χ1n) is 10.9. The van der Waals surface area contributed by atoms with Crippen LogP contribution in [0, 0.1) is 23.0 Å². The lowest BCUT2D eigenvalue weighted by Crippen LogP contribution is -2.10. The largest absolute Gasteiger partial charge is 0.462 e. The molecule has 0 aliphatic rings. The van der Waals surface area contributed by atoms with Crippen LogP contribution in [0.4, 0.5) is 17.2 Å². The Labute approximate surface area is 201 Å². The zero-order valence-electron chi connectivity index (χ0n) is 19.4. The zero-order valence-corrected chi connectivity index (χ0v) is 19.4. The first-order valence-corrected chi connectivity index (χ1v) is 10.9. The molecule has 0 amide bonds. The molecule has 1 N–H and O–H groups in total. The fourth-order valence-corrected chi connectivity index (χ4v) is 3.25. The Bertz CT molecular complexity index is 1390. The van der Waals surface area contributed by atoms with E-state index in [-0.39, 0.29) is 17.6 Å². The van der Waals surface area contributed by atoms with E-state index in [9.17, 15) is 14.9 Å². The molecule has 0 spiro atoms. The maximum absolute atomic E-state index is 12.1. The van der Waals surface area contributed by atoms with Crippen LogP contribution in [-0.4, -0.2) is 32.5 Å². The SMILES string of the molecule is Cc1ccc2cccc(Oc3ncnc(Nc4ccc(C(=O)OCC(C)C)cc4)c3[N+](=O)[O-])c2n1. The minimum atomic E-state index is -0.612. The number of anilines is 2. The highest BCUT2D eigenvalue weighted by molar-refractivity contribution is 5.90. The van der Waals surface area contributed by atoms with Crippen molar-refractivity contribution in [3.05, 3.63) is 82.3 Å². The normalized spacial score (nSPS) is 10.9. The summed E-state index contributed by atoms with van der Waals surface area (Å²) in [6.45, 7) is 6.07. The van der Waals surface area contributed by atoms with E-state index in [1.165, 1.54) is 6.33 Å². The van der Waals surface area contributed by atoms with Gasteiger partial charge in [-0.1, -0.05) is 32.0 Å². The molecule has 2 aromatic heterocycles. The molecule has 178 valence electrons. The van der Waals surface area contributed by atoms with E-state index in [0.717, 1.165) is 11.1 Å². The molecule has 0 saturated heterocycles. The van der Waals surface area contributed by atoms with Crippen molar-refractivity contribution in [1.29, 1.82) is 0 Å². The number of esters is 1. The second-order valence-electron chi connectivity index (χ2n) is 8.21. The Kier molecular flexibility index (Phi) is 6.81. The van der Waals surface area contributed by atoms with E-state index in [2.05, 4.69) is 20.3 Å². The van der Waals surface area contributed by atoms with E-state index < -0.39 is 16.6 Å². The lowest BCUT2D eigenvalue weighted by Gasteiger charge is -2.11. The summed E-state index contributed by atoms with van der Waals surface area (Å²) >= 11 is 0. The number of aromatic nitrogens is 3. The number of para-hydroxylation sites is 1. The van der Waals surface area contributed by atoms with Gasteiger partial charge in [-0.2, -0.15) is 4.98 Å². The topological polar surface area (TPSA) is 129 Å². The number of nitrogens with zero attached hydrogens (tertiary/aromatic N) is 4. The van der Waals surface area contributed by atoms with Crippen LogP contribution < -0.4 is 10.1 Å². The molecule has 2 aromatic carbocycles. The van der Waals surface area contributed by atoms with Gasteiger partial charge in [0.25, 0.3) is 0 Å². The highest BCUT2D eigenvalue weighted by Gasteiger charge is 2.26. The summed E-state index contributed by atoms with van der Waals surface area (Å²) in [4.78, 5) is 36.0. The van der Waals surface area contributed by atoms with Gasteiger partial charge < -0.3 is 14.8 Å². The lowest BCUT2D eigenvalue weighted by molar-refractivity contribution is -0.385. The monoisotopic (exact) mass is 473 g/mol. The Hall–Kier alpha value is -4.60. The van der Waals surface area contributed by atoms with E-state index in [0.29, 0.717) is 29.1 Å². The maximum Gasteiger partial charge on any atom is 0.373 e. The Morgan fingerprint density at radius 3 is 2.57 bits per heavy atom. The molecule has 0 atom stereocenters. The minimum Gasteiger partial charge on any atom is -0.462 e. The van der Waals surface area contributed by atoms with Crippen molar-refractivity contribution in [2.24, 2.45) is 5.92 Å². The summed E-state index contributed by atoms with van der Waals surface area (Å²) in [5.41, 5.74) is 1.77. The molecule has 4 aromatic rings. The van der Waals surface area contributed by atoms with Crippen LogP contribution >= 0.6 is 0 Å². The van der Waals surface area contributed by atoms with E-state index in [1.54, 1.807) is 36.4 Å². The van der Waals surface area contributed by atoms with Crippen LogP contribution in [0.15, 0.2) is 60.9 Å². The van der Waals surface area contributed by atoms with Gasteiger partial charge in [0.2, 0.25) is 5.82 Å². The van der Waals surface area contributed by atoms with E-state index >= 15 is 0 Å². The maximum atomic E-state index is 12.1. The number of fused-ring (bicyclic) bond motifs is 1. The summed E-state index contributed by atoms with van der Waals surface area (Å²) in [6, 6.07) is 15.4. The number of rotatable bonds is 8. The first kappa shape index (κ1) is 23.6. The van der Waals surface area contributed by atoms with Crippen LogP contribution in [-0.2, 0) is 4.74 Å². The van der Waals surface area contributed by atoms with Gasteiger partial charge in [-0.15, -0.1) is 0 Å². The Balaban J connectivity index is 1.61. The number of nitrogens with one attached hydrogen (secondary N) is 1. The van der Waals surface area contributed by atoms with Crippen LogP contribution in [0.1, 0.15) is 29.9 Å². The van der Waals surface area contributed by atoms with Gasteiger partial charge in [0, 0.05) is 16.8 Å². The minimum absolute atomic E-state index is 0.0560. The number of carbonyl (C=O) groups is 1. The van der Waals surface area contributed by atoms with Crippen molar-refractivity contribution in [3.63, 3.8) is 0 Å². The summed E-state index contributed by atoms with van der Waals surface area (Å²) in [5, 5.41) is 15.7. The second-order valence-corrected chi connectivity index (χ2v) is 8.21. The lowest BCUT2D eigenvalue weighted by atomic mass is 10.2. The predicted octanol–water partition coefficient (Wildman–Crippen LogP) is 5.59. The summed E-state index contributed by atoms with van der Waals surface area (Å²) in [6.07, 6.45) is 1.17. The van der Waals surface area contributed by atoms with E-state index in [4.69, 9.17) is 9.47 Å². The number of aryl methyl sites for hydroxylation is 1. The van der Waals surface area contributed by atoms with Crippen molar-refractivity contribution in [2.75, 3.05) is 11.9 Å². The number of pyridine rings is 1. The molecule has 0 bridgehead atoms. The summed E-state index contributed by atoms with van der Waals surface area (Å²) < 4.78 is 11.1. The molecular formula is C25H23N5O5. The van der Waals surface area contributed by atoms with Crippen molar-refractivity contribution in [2.45, 2.75) is 20.8 Å². The van der Waals surface area contributed by atoms with Gasteiger partial charge >= 0.3 is 17.5 Å². The van der Waals surface area contributed by atoms with Gasteiger partial charge in [0.15, 0.2) is 5.75 Å². The third-order valence-electron chi connectivity index (χ3n) is 4.93. The molecule has 0 aliphatic carbocycles. The third kappa shape index (κ3) is 5.49. The number of ether oxygens (including phenoxy) is 2. The van der Waals surface area contributed by atoms with Crippen molar-refractivity contribution in [1.82, 2.24) is 15.0 Å². The smallest absolute Gasteiger partial charge is 0.373 e. The van der Waals surface area contributed by atoms with Crippen LogP contribution in [0.3, 0.4) is 0 Å². The third-order valence-corrected chi connectivity index (χ3v) is 4.93. The van der Waals surface area contributed by atoms with E-state index in [1.807, 2.05) is 39.0 Å². The van der Waals surface area contributed by atoms with Gasteiger partial charge in [-0.25, -0.2) is 14.8 Å². The molecule has 0 fully saturated rings. The molecular weight excluding hydrogens is 450 g/mol. The quantitative estimate of drug-likeness (QED) is 0.198. The molecule has 35 heavy (non-hydrogen) atoms. The first-order chi connectivity index (χ1) is 16.8. The molecule has 0 radical (unpaired) electrons. The van der Waals surface area contributed by atoms with Gasteiger partial charge in [-0.3, -0.25) is 10.1 Å². The number of hydrogen-bond acceptors (Lipinski definition) is 9. The van der Waals surface area contributed by atoms with Crippen LogP contribution in [0.2, 0.25) is 0 Å². The van der Waals surface area contributed by atoms with Crippen LogP contribution in [0.5, 0.6) is 11.6 Å². The molecule has 2 heterocycles. The van der Waals surface area contributed by atoms with Crippen molar-refractivity contribution >= 4 is 34.1 Å². The standard InChI is InChI=1S/C25H23N5O5/c1-15(2)13-34-25(31)18-9-11-19(12-10-18)29-23-22(30(32)33)24(27-14-26-23)35-20-6-4-5-17-8-7-16(3)28-21(17)20/h4-12,14-15H,13H2,1-3H3,(H,26,27,29). The van der Waals surface area contributed by atoms with Gasteiger partial charge in [-0.05, 0) is 49.2 Å². The molecule has 0 saturated carbocycles. The molecule has 0 aliphatic heterocycles. The number of benzene rings is 2. The Morgan fingerprint density at radius 1 is 1.09 bits per heavy atom. The van der Waals surface area contributed by atoms with Crippen molar-refractivity contribution in [3.8, 4) is 11.6 Å². The average Bonchev–Trinajstić information content (AvgIpc) is 2.83. The number of nitro groups is 1. The fourth-order valence-electron chi connectivity index (χ4n) is 3.25. The van der Waals surface area contributed by atoms with Gasteiger partial charge in [0.1, 0.15) is 11.8 Å². The van der Waals surface area contributed by atoms with Crippen molar-refractivity contribution < 1.29 is 19.2 Å². The van der Waals surface area contributed by atoms with Gasteiger partial charge in [0.05, 0.1) is 17.1 Å². The number of hydrogen-bond donors (Lipinski definition) is 1. The summed E-state index contributed by atoms with van der Waals surface area (Å²) in [7, 11) is 0. The highest BCUT2D eigenvalue weighted by Crippen LogP contribution is 2.37. The fraction of sp³-hybridized carbons (Fsp3) is 0.200. The summed E-state index contributed by atoms with van der Waals surface area (Å²) in [5.74, 6) is -0.156. The number of carbonyl (C=O) groups excluding carboxylic acids is 1. The molecule has 0 unspecified atom stereocenters. The highest BCUT2D eigenvalue weighted by atomic mass is 16.6. The van der Waals surface area contributed by atoms with Crippen LogP contribution in [0.25, 0.3) is 10.9 Å². The Morgan fingerprint density at radius 2 is 1.86 bits per heavy atom. The zero-order chi connectivity index (χ0) is 24.9. The molecule has 4 rings (SSSR count).